The topological polar surface area (TPSA) is 36.1 Å². The van der Waals surface area contributed by atoms with Crippen molar-refractivity contribution < 1.29 is 18.6 Å². The first kappa shape index (κ1) is 30.6. The Balaban J connectivity index is 1.41. The summed E-state index contributed by atoms with van der Waals surface area (Å²) >= 11 is 0. The number of hydrogen-bond acceptors (Lipinski definition) is 2. The molecule has 0 saturated carbocycles. The zero-order valence-corrected chi connectivity index (χ0v) is 23.6. The molecule has 0 atom stereocenters. The van der Waals surface area contributed by atoms with Crippen LogP contribution in [-0.2, 0) is 36.0 Å². The van der Waals surface area contributed by atoms with Crippen LogP contribution in [0.15, 0.2) is 37.4 Å². The second kappa shape index (κ2) is 21.4. The molecule has 36 heavy (non-hydrogen) atoms. The molecule has 6 heteroatoms. The van der Waals surface area contributed by atoms with Gasteiger partial charge >= 0.3 is 0 Å². The molecule has 0 aliphatic rings. The highest BCUT2D eigenvalue weighted by molar-refractivity contribution is 4.66. The van der Waals surface area contributed by atoms with Crippen molar-refractivity contribution in [3.8, 4) is 0 Å². The molecule has 6 nitrogen and oxygen atoms in total. The number of unbranched alkanes of at least 4 members (excludes halogenated alkanes) is 14. The van der Waals surface area contributed by atoms with E-state index in [1.54, 1.807) is 0 Å². The number of nitrogens with zero attached hydrogens (tertiary/aromatic N) is 4. The summed E-state index contributed by atoms with van der Waals surface area (Å²) in [6.45, 7) is 9.12. The molecule has 0 N–H and O–H groups in total. The van der Waals surface area contributed by atoms with E-state index in [0.29, 0.717) is 26.7 Å². The van der Waals surface area contributed by atoms with Gasteiger partial charge in [-0.2, -0.15) is 0 Å². The number of aryl methyl sites for hydroxylation is 2. The average Bonchev–Trinajstić information content (AvgIpc) is 3.54. The van der Waals surface area contributed by atoms with Crippen LogP contribution in [0.4, 0.5) is 0 Å². The fourth-order valence-corrected chi connectivity index (χ4v) is 4.61. The summed E-state index contributed by atoms with van der Waals surface area (Å²) in [6.07, 6.45) is 34.6. The first-order chi connectivity index (χ1) is 17.8. The molecule has 0 amide bonds. The first-order valence-corrected chi connectivity index (χ1v) is 15.1. The molecule has 0 bridgehead atoms. The Morgan fingerprint density at radius 1 is 0.500 bits per heavy atom. The maximum atomic E-state index is 5.78. The summed E-state index contributed by atoms with van der Waals surface area (Å²) in [5.41, 5.74) is 0. The van der Waals surface area contributed by atoms with Gasteiger partial charge in [0.1, 0.15) is 24.8 Å². The van der Waals surface area contributed by atoms with Crippen LogP contribution < -0.4 is 9.13 Å². The molecule has 0 saturated heterocycles. The number of rotatable bonds is 25. The predicted octanol–water partition coefficient (Wildman–Crippen LogP) is 6.79. The van der Waals surface area contributed by atoms with Crippen molar-refractivity contribution in [1.82, 2.24) is 9.13 Å². The number of aromatic nitrogens is 4. The second-order valence-corrected chi connectivity index (χ2v) is 10.4. The third-order valence-corrected chi connectivity index (χ3v) is 6.88. The van der Waals surface area contributed by atoms with Gasteiger partial charge in [-0.3, -0.25) is 0 Å². The van der Waals surface area contributed by atoms with Gasteiger partial charge in [0.05, 0.1) is 26.3 Å². The predicted molar refractivity (Wildman–Crippen MR) is 146 cm³/mol. The second-order valence-electron chi connectivity index (χ2n) is 10.4. The molecule has 2 aromatic rings. The van der Waals surface area contributed by atoms with E-state index in [1.807, 2.05) is 0 Å². The summed E-state index contributed by atoms with van der Waals surface area (Å²) in [5, 5.41) is 0. The van der Waals surface area contributed by atoms with Crippen molar-refractivity contribution in [3.05, 3.63) is 37.4 Å². The van der Waals surface area contributed by atoms with E-state index >= 15 is 0 Å². The molecule has 0 fully saturated rings. The van der Waals surface area contributed by atoms with E-state index in [0.717, 1.165) is 13.1 Å². The standard InChI is InChI=1S/C30H56N4O2/c1-3-5-7-9-11-13-15-17-19-31-21-23-33(27-31)29-35-25-26-36-30-34-24-22-32(28-34)20-18-16-14-12-10-8-6-4-2/h21-24,27-28H,3-20,25-26,29-30H2,1-2H3/q+2. The Hall–Kier alpha value is -1.66. The summed E-state index contributed by atoms with van der Waals surface area (Å²) in [4.78, 5) is 0. The Kier molecular flexibility index (Phi) is 18.2. The van der Waals surface area contributed by atoms with Gasteiger partial charge in [0, 0.05) is 0 Å². The van der Waals surface area contributed by atoms with Crippen molar-refractivity contribution in [2.24, 2.45) is 0 Å². The zero-order chi connectivity index (χ0) is 25.5. The van der Waals surface area contributed by atoms with Crippen molar-refractivity contribution in [2.75, 3.05) is 13.2 Å². The molecule has 2 rings (SSSR count). The van der Waals surface area contributed by atoms with Gasteiger partial charge in [-0.15, -0.1) is 0 Å². The van der Waals surface area contributed by atoms with Crippen LogP contribution in [0.2, 0.25) is 0 Å². The molecule has 2 heterocycles. The highest BCUT2D eigenvalue weighted by Crippen LogP contribution is 2.10. The first-order valence-electron chi connectivity index (χ1n) is 15.1. The summed E-state index contributed by atoms with van der Waals surface area (Å²) in [7, 11) is 0. The molecule has 0 unspecified atom stereocenters. The summed E-state index contributed by atoms with van der Waals surface area (Å²) in [5.74, 6) is 0. The lowest BCUT2D eigenvalue weighted by atomic mass is 10.1. The highest BCUT2D eigenvalue weighted by atomic mass is 16.5. The van der Waals surface area contributed by atoms with Crippen molar-refractivity contribution in [3.63, 3.8) is 0 Å². The van der Waals surface area contributed by atoms with Gasteiger partial charge < -0.3 is 9.47 Å². The minimum absolute atomic E-state index is 0.579. The molecular formula is C30H56N4O2+2. The molecule has 2 aromatic heterocycles. The lowest BCUT2D eigenvalue weighted by Crippen LogP contribution is -2.35. The van der Waals surface area contributed by atoms with Gasteiger partial charge in [0.2, 0.25) is 12.7 Å². The number of imidazole rings is 2. The summed E-state index contributed by atoms with van der Waals surface area (Å²) in [6, 6.07) is 0. The summed E-state index contributed by atoms with van der Waals surface area (Å²) < 4.78 is 20.3. The lowest BCUT2D eigenvalue weighted by molar-refractivity contribution is -0.737. The minimum Gasteiger partial charge on any atom is -0.339 e. The highest BCUT2D eigenvalue weighted by Gasteiger charge is 2.05. The van der Waals surface area contributed by atoms with Gasteiger partial charge in [-0.25, -0.2) is 18.3 Å². The number of ether oxygens (including phenoxy) is 2. The van der Waals surface area contributed by atoms with Gasteiger partial charge in [-0.1, -0.05) is 90.9 Å². The normalized spacial score (nSPS) is 11.5. The quantitative estimate of drug-likeness (QED) is 0.110. The van der Waals surface area contributed by atoms with Crippen molar-refractivity contribution in [2.45, 2.75) is 143 Å². The van der Waals surface area contributed by atoms with Crippen LogP contribution in [0.1, 0.15) is 117 Å². The smallest absolute Gasteiger partial charge is 0.245 e. The largest absolute Gasteiger partial charge is 0.339 e. The molecule has 0 radical (unpaired) electrons. The zero-order valence-electron chi connectivity index (χ0n) is 23.6. The van der Waals surface area contributed by atoms with Crippen LogP contribution in [0, 0.1) is 0 Å². The average molecular weight is 505 g/mol. The molecule has 0 aromatic carbocycles. The minimum atomic E-state index is 0.579. The van der Waals surface area contributed by atoms with E-state index in [2.05, 4.69) is 69.6 Å². The fraction of sp³-hybridized carbons (Fsp3) is 0.800. The Morgan fingerprint density at radius 2 is 0.861 bits per heavy atom. The van der Waals surface area contributed by atoms with Crippen LogP contribution in [0.3, 0.4) is 0 Å². The number of hydrogen-bond donors (Lipinski definition) is 0. The molecule has 0 spiro atoms. The van der Waals surface area contributed by atoms with Gasteiger partial charge in [0.25, 0.3) is 0 Å². The van der Waals surface area contributed by atoms with E-state index in [-0.39, 0.29) is 0 Å². The SMILES string of the molecule is CCCCCCCCCCn1cc[n+](COCCOC[n+]2ccn(CCCCCCCCCC)c2)c1. The third-order valence-electron chi connectivity index (χ3n) is 6.88. The van der Waals surface area contributed by atoms with Crippen LogP contribution in [0.5, 0.6) is 0 Å². The third kappa shape index (κ3) is 15.5. The van der Waals surface area contributed by atoms with E-state index in [9.17, 15) is 0 Å². The lowest BCUT2D eigenvalue weighted by Gasteiger charge is -2.03. The molecule has 0 aliphatic carbocycles. The van der Waals surface area contributed by atoms with E-state index in [4.69, 9.17) is 9.47 Å². The van der Waals surface area contributed by atoms with Crippen molar-refractivity contribution >= 4 is 0 Å². The monoisotopic (exact) mass is 504 g/mol. The van der Waals surface area contributed by atoms with Gasteiger partial charge in [-0.05, 0) is 25.7 Å². The van der Waals surface area contributed by atoms with Crippen LogP contribution >= 0.6 is 0 Å². The maximum Gasteiger partial charge on any atom is 0.245 e. The molecule has 0 aliphatic heterocycles. The van der Waals surface area contributed by atoms with E-state index < -0.39 is 0 Å². The Morgan fingerprint density at radius 3 is 1.25 bits per heavy atom. The van der Waals surface area contributed by atoms with Crippen LogP contribution in [0.25, 0.3) is 0 Å². The molecule has 206 valence electrons. The molecular weight excluding hydrogens is 448 g/mol. The van der Waals surface area contributed by atoms with Crippen LogP contribution in [-0.4, -0.2) is 22.3 Å². The Bertz CT molecular complexity index is 681. The van der Waals surface area contributed by atoms with Gasteiger partial charge in [0.15, 0.2) is 13.5 Å². The maximum absolute atomic E-state index is 5.78. The van der Waals surface area contributed by atoms with E-state index in [1.165, 1.54) is 103 Å². The Labute approximate surface area is 221 Å². The van der Waals surface area contributed by atoms with Crippen molar-refractivity contribution in [1.29, 1.82) is 0 Å². The fourth-order valence-electron chi connectivity index (χ4n) is 4.61.